The molecule has 2 aromatic heterocycles. The molecule has 4 nitrogen and oxygen atoms in total. The highest BCUT2D eigenvalue weighted by Crippen LogP contribution is 2.35. The van der Waals surface area contributed by atoms with Gasteiger partial charge >= 0.3 is 0 Å². The molecule has 0 spiro atoms. The Morgan fingerprint density at radius 2 is 2.33 bits per heavy atom. The van der Waals surface area contributed by atoms with Gasteiger partial charge in [-0.15, -0.1) is 22.7 Å². The van der Waals surface area contributed by atoms with E-state index in [2.05, 4.69) is 4.98 Å². The van der Waals surface area contributed by atoms with E-state index in [-0.39, 0.29) is 11.9 Å². The van der Waals surface area contributed by atoms with E-state index in [0.717, 1.165) is 44.2 Å². The third-order valence-electron chi connectivity index (χ3n) is 3.68. The monoisotopic (exact) mass is 341 g/mol. The number of carbonyl (C=O) groups is 1. The number of aromatic nitrogens is 1. The van der Waals surface area contributed by atoms with Gasteiger partial charge in [-0.25, -0.2) is 4.98 Å². The Bertz CT molecular complexity index is 667. The van der Waals surface area contributed by atoms with E-state index in [1.807, 2.05) is 24.0 Å². The van der Waals surface area contributed by atoms with Crippen LogP contribution in [0.1, 0.15) is 28.2 Å². The van der Waals surface area contributed by atoms with Crippen molar-refractivity contribution in [3.05, 3.63) is 27.0 Å². The molecule has 21 heavy (non-hydrogen) atoms. The van der Waals surface area contributed by atoms with E-state index in [4.69, 9.17) is 17.3 Å². The highest BCUT2D eigenvalue weighted by molar-refractivity contribution is 7.24. The molecule has 2 N–H and O–H groups in total. The number of nitrogens with zero attached hydrogens (tertiary/aromatic N) is 2. The summed E-state index contributed by atoms with van der Waals surface area (Å²) in [6.45, 7) is 3.20. The summed E-state index contributed by atoms with van der Waals surface area (Å²) < 4.78 is 0.730. The number of rotatable bonds is 3. The molecule has 7 heteroatoms. The van der Waals surface area contributed by atoms with E-state index in [1.165, 1.54) is 22.7 Å². The molecular formula is C14H16ClN3OS2. The van der Waals surface area contributed by atoms with Crippen LogP contribution in [0.15, 0.2) is 12.1 Å². The second-order valence-corrected chi connectivity index (χ2v) is 7.78. The Morgan fingerprint density at radius 3 is 3.00 bits per heavy atom. The number of nitrogens with two attached hydrogens (primary N) is 1. The van der Waals surface area contributed by atoms with Crippen LogP contribution in [0.2, 0.25) is 4.34 Å². The number of likely N-dealkylation sites (tertiary alicyclic amines) is 1. The second kappa shape index (κ2) is 6.04. The summed E-state index contributed by atoms with van der Waals surface area (Å²) in [7, 11) is 0. The minimum Gasteiger partial charge on any atom is -0.334 e. The maximum Gasteiger partial charge on any atom is 0.266 e. The Balaban J connectivity index is 1.89. The predicted molar refractivity (Wildman–Crippen MR) is 88.3 cm³/mol. The molecule has 2 aromatic rings. The largest absolute Gasteiger partial charge is 0.334 e. The van der Waals surface area contributed by atoms with Gasteiger partial charge in [-0.05, 0) is 31.9 Å². The van der Waals surface area contributed by atoms with Crippen LogP contribution in [-0.4, -0.2) is 34.9 Å². The number of hydrogen-bond acceptors (Lipinski definition) is 5. The van der Waals surface area contributed by atoms with Crippen LogP contribution in [0.5, 0.6) is 0 Å². The number of aryl methyl sites for hydroxylation is 1. The smallest absolute Gasteiger partial charge is 0.266 e. The topological polar surface area (TPSA) is 59.2 Å². The van der Waals surface area contributed by atoms with Gasteiger partial charge in [-0.3, -0.25) is 4.79 Å². The van der Waals surface area contributed by atoms with Crippen LogP contribution in [0, 0.1) is 6.92 Å². The molecule has 112 valence electrons. The molecule has 0 saturated carbocycles. The standard InChI is InChI=1S/C14H16ClN3OS2/c1-8-12(14(19)18-6-2-3-9(18)7-16)21-13(17-8)10-4-5-11(15)20-10/h4-5,9H,2-3,6-7,16H2,1H3/t9-/m1/s1. The molecule has 1 fully saturated rings. The van der Waals surface area contributed by atoms with Crippen LogP contribution in [0.4, 0.5) is 0 Å². The van der Waals surface area contributed by atoms with Crippen molar-refractivity contribution in [3.63, 3.8) is 0 Å². The van der Waals surface area contributed by atoms with E-state index >= 15 is 0 Å². The molecule has 0 unspecified atom stereocenters. The first-order valence-corrected chi connectivity index (χ1v) is 8.85. The minimum atomic E-state index is 0.0619. The highest BCUT2D eigenvalue weighted by Gasteiger charge is 2.30. The van der Waals surface area contributed by atoms with Crippen molar-refractivity contribution in [1.82, 2.24) is 9.88 Å². The van der Waals surface area contributed by atoms with Crippen LogP contribution < -0.4 is 5.73 Å². The summed E-state index contributed by atoms with van der Waals surface area (Å²) in [6, 6.07) is 3.96. The molecule has 0 bridgehead atoms. The first-order chi connectivity index (χ1) is 10.1. The van der Waals surface area contributed by atoms with Crippen molar-refractivity contribution in [2.45, 2.75) is 25.8 Å². The van der Waals surface area contributed by atoms with Crippen molar-refractivity contribution in [3.8, 4) is 9.88 Å². The SMILES string of the molecule is Cc1nc(-c2ccc(Cl)s2)sc1C(=O)N1CCC[C@@H]1CN. The quantitative estimate of drug-likeness (QED) is 0.930. The minimum absolute atomic E-state index is 0.0619. The zero-order valence-corrected chi connectivity index (χ0v) is 14.0. The third-order valence-corrected chi connectivity index (χ3v) is 6.23. The zero-order valence-electron chi connectivity index (χ0n) is 11.6. The van der Waals surface area contributed by atoms with Crippen molar-refractivity contribution in [2.24, 2.45) is 5.73 Å². The normalized spacial score (nSPS) is 18.4. The molecule has 3 rings (SSSR count). The van der Waals surface area contributed by atoms with Gasteiger partial charge in [-0.2, -0.15) is 0 Å². The Labute approximate surface area is 136 Å². The molecule has 3 heterocycles. The van der Waals surface area contributed by atoms with E-state index in [0.29, 0.717) is 6.54 Å². The zero-order chi connectivity index (χ0) is 15.0. The number of carbonyl (C=O) groups excluding carboxylic acids is 1. The average Bonchev–Trinajstić information content (AvgIpc) is 3.16. The molecule has 0 aromatic carbocycles. The fourth-order valence-corrected chi connectivity index (χ4v) is 4.73. The van der Waals surface area contributed by atoms with Gasteiger partial charge in [0.15, 0.2) is 0 Å². The molecule has 0 radical (unpaired) electrons. The Morgan fingerprint density at radius 1 is 1.52 bits per heavy atom. The molecule has 1 aliphatic heterocycles. The number of halogens is 1. The predicted octanol–water partition coefficient (Wildman–Crippen LogP) is 3.40. The van der Waals surface area contributed by atoms with Gasteiger partial charge in [0.05, 0.1) is 14.9 Å². The Hall–Kier alpha value is -0.950. The summed E-state index contributed by atoms with van der Waals surface area (Å²) in [5.41, 5.74) is 6.54. The fraction of sp³-hybridized carbons (Fsp3) is 0.429. The van der Waals surface area contributed by atoms with Gasteiger partial charge in [-0.1, -0.05) is 11.6 Å². The lowest BCUT2D eigenvalue weighted by molar-refractivity contribution is 0.0745. The lowest BCUT2D eigenvalue weighted by Crippen LogP contribution is -2.39. The first-order valence-electron chi connectivity index (χ1n) is 6.84. The molecular weight excluding hydrogens is 326 g/mol. The summed E-state index contributed by atoms with van der Waals surface area (Å²) in [5, 5.41) is 0.858. The van der Waals surface area contributed by atoms with E-state index in [9.17, 15) is 4.79 Å². The van der Waals surface area contributed by atoms with Crippen molar-refractivity contribution in [2.75, 3.05) is 13.1 Å². The summed E-state index contributed by atoms with van der Waals surface area (Å²) in [4.78, 5) is 20.8. The maximum absolute atomic E-state index is 12.7. The first kappa shape index (κ1) is 15.0. The Kier molecular flexibility index (Phi) is 4.31. The van der Waals surface area contributed by atoms with Crippen molar-refractivity contribution >= 4 is 40.2 Å². The summed E-state index contributed by atoms with van der Waals surface area (Å²) in [6.07, 6.45) is 2.02. The third kappa shape index (κ3) is 2.85. The van der Waals surface area contributed by atoms with Gasteiger partial charge in [0.25, 0.3) is 5.91 Å². The number of thiazole rings is 1. The number of thiophene rings is 1. The van der Waals surface area contributed by atoms with Gasteiger partial charge in [0.1, 0.15) is 9.88 Å². The second-order valence-electron chi connectivity index (χ2n) is 5.07. The van der Waals surface area contributed by atoms with E-state index < -0.39 is 0 Å². The highest BCUT2D eigenvalue weighted by atomic mass is 35.5. The number of amides is 1. The van der Waals surface area contributed by atoms with Gasteiger partial charge in [0, 0.05) is 19.1 Å². The number of hydrogen-bond donors (Lipinski definition) is 1. The van der Waals surface area contributed by atoms with Crippen molar-refractivity contribution < 1.29 is 4.79 Å². The van der Waals surface area contributed by atoms with Crippen LogP contribution in [0.3, 0.4) is 0 Å². The van der Waals surface area contributed by atoms with Gasteiger partial charge in [0.2, 0.25) is 0 Å². The van der Waals surface area contributed by atoms with E-state index in [1.54, 1.807) is 0 Å². The van der Waals surface area contributed by atoms with Crippen LogP contribution >= 0.6 is 34.3 Å². The molecule has 0 aliphatic carbocycles. The lowest BCUT2D eigenvalue weighted by Gasteiger charge is -2.22. The molecule has 1 amide bonds. The lowest BCUT2D eigenvalue weighted by atomic mass is 10.2. The van der Waals surface area contributed by atoms with Crippen LogP contribution in [0.25, 0.3) is 9.88 Å². The maximum atomic E-state index is 12.7. The summed E-state index contributed by atoms with van der Waals surface area (Å²) in [5.74, 6) is 0.0619. The molecule has 1 saturated heterocycles. The average molecular weight is 342 g/mol. The molecule has 1 aliphatic rings. The molecule has 1 atom stereocenters. The summed E-state index contributed by atoms with van der Waals surface area (Å²) >= 11 is 8.89. The van der Waals surface area contributed by atoms with Crippen LogP contribution in [-0.2, 0) is 0 Å². The van der Waals surface area contributed by atoms with Crippen molar-refractivity contribution in [1.29, 1.82) is 0 Å². The van der Waals surface area contributed by atoms with Gasteiger partial charge < -0.3 is 10.6 Å². The fourth-order valence-electron chi connectivity index (χ4n) is 2.61.